The Labute approximate surface area is 601 Å². The predicted molar refractivity (Wildman–Crippen MR) is 372 cm³/mol. The van der Waals surface area contributed by atoms with Gasteiger partial charge in [-0.3, -0.25) is 47.9 Å². The highest BCUT2D eigenvalue weighted by Crippen LogP contribution is 2.68. The van der Waals surface area contributed by atoms with E-state index in [1.54, 1.807) is 182 Å². The van der Waals surface area contributed by atoms with Gasteiger partial charge in [-0.2, -0.15) is 0 Å². The van der Waals surface area contributed by atoms with Crippen molar-refractivity contribution in [2.75, 3.05) is 0 Å². The Bertz CT molecular complexity index is 5340. The van der Waals surface area contributed by atoms with E-state index in [0.29, 0.717) is 57.6 Å². The predicted octanol–water partition coefficient (Wildman–Crippen LogP) is 14.1. The molecule has 10 aromatic rings. The zero-order chi connectivity index (χ0) is 73.1. The topological polar surface area (TPSA) is 226 Å². The maximum atomic E-state index is 17.2. The second kappa shape index (κ2) is 27.3. The molecule has 2 aromatic heterocycles. The van der Waals surface area contributed by atoms with E-state index in [2.05, 4.69) is 0 Å². The van der Waals surface area contributed by atoms with Crippen molar-refractivity contribution >= 4 is 105 Å². The van der Waals surface area contributed by atoms with Gasteiger partial charge in [0.15, 0.2) is 0 Å². The largest absolute Gasteiger partial charge is 0.459 e. The van der Waals surface area contributed by atoms with Crippen LogP contribution < -0.4 is 0 Å². The highest BCUT2D eigenvalue weighted by Gasteiger charge is 2.72. The molecule has 0 saturated heterocycles. The second-order valence-corrected chi connectivity index (χ2v) is 27.1. The zero-order valence-corrected chi connectivity index (χ0v) is 56.2. The van der Waals surface area contributed by atoms with Gasteiger partial charge in [0.25, 0.3) is 0 Å². The van der Waals surface area contributed by atoms with E-state index in [-0.39, 0.29) is 19.5 Å². The van der Waals surface area contributed by atoms with E-state index in [9.17, 15) is 19.2 Å². The van der Waals surface area contributed by atoms with Crippen molar-refractivity contribution in [2.45, 2.75) is 55.9 Å². The number of hydrogen-bond donors (Lipinski definition) is 0. The van der Waals surface area contributed by atoms with Crippen LogP contribution in [0.5, 0.6) is 0 Å². The van der Waals surface area contributed by atoms with Gasteiger partial charge in [0.05, 0.1) is 15.3 Å². The number of fused-ring (bicyclic) bond motifs is 9. The Hall–Kier alpha value is -12.7. The molecule has 0 fully saturated rings. The fourth-order valence-corrected chi connectivity index (χ4v) is 16.9. The molecular weight excluding hydrogens is 1390 g/mol. The molecule has 0 N–H and O–H groups in total. The summed E-state index contributed by atoms with van der Waals surface area (Å²) in [6.45, 7) is -3.76. The van der Waals surface area contributed by atoms with Gasteiger partial charge >= 0.3 is 35.8 Å². The third kappa shape index (κ3) is 11.4. The van der Waals surface area contributed by atoms with Crippen LogP contribution in [0.25, 0.3) is 33.1 Å². The van der Waals surface area contributed by atoms with Crippen molar-refractivity contribution < 1.29 is 93.9 Å². The van der Waals surface area contributed by atoms with Crippen LogP contribution in [-0.2, 0) is 123 Å². The molecule has 8 aromatic carbocycles. The van der Waals surface area contributed by atoms with Crippen molar-refractivity contribution in [1.29, 1.82) is 0 Å². The standard InChI is InChI=1S/C83H50F4O16S2/c84-53-35-55-56(69(88)72(91)64(55)60(87)38-53)31-51-33-61-65(81(51,75(92)98-39-45-19-7-1-8-20-45)76(93)99-40-46-21-9-2-10-22-46)67-73(104-61)74-68(83(67,79(96)102-43-49-27-15-5-16-28-49)80(97)103-44-50-29-17-6-18-30-50)66-62(105-74)34-52(32-57-63-58(71(90)70(57)89)36-54(85)37-59(63)86)82(66,77(94)100-41-47-23-11-3-12-24-47)78(95)101-42-48-25-13-4-14-26-48/h1-38H,39-44H2/b56-31-,57-32-. The molecule has 15 rings (SSSR count). The minimum absolute atomic E-state index is 0.129. The summed E-state index contributed by atoms with van der Waals surface area (Å²) in [6, 6.07) is 50.8. The van der Waals surface area contributed by atoms with E-state index >= 15 is 46.3 Å². The SMILES string of the molecule is O=C1C(=O)c2c(F)cc(F)cc2/C1=C/C1=Cc2sc3c(c2C1(C(=O)OCc1ccccc1)C(=O)OCc1ccccc1)C(C(=O)OCc1ccccc1)(C(=O)OCc1ccccc1)c1c-3sc2c1C(C(=O)OCc1ccccc1)(C(=O)OCc1ccccc1)C(/C=C1\C(=O)C(=O)c3cc(F)cc(F)c31)=C2. The fraction of sp³-hybridized carbons (Fsp3) is 0.108. The molecule has 105 heavy (non-hydrogen) atoms. The van der Waals surface area contributed by atoms with E-state index < -0.39 is 205 Å². The lowest BCUT2D eigenvalue weighted by molar-refractivity contribution is -0.168. The van der Waals surface area contributed by atoms with Crippen molar-refractivity contribution in [3.05, 3.63) is 340 Å². The summed E-state index contributed by atoms with van der Waals surface area (Å²) in [5, 5.41) is 0. The number of allylic oxidation sites excluding steroid dienone is 4. The van der Waals surface area contributed by atoms with Crippen LogP contribution in [0.4, 0.5) is 17.6 Å². The molecule has 5 aliphatic rings. The lowest BCUT2D eigenvalue weighted by Gasteiger charge is -2.35. The lowest BCUT2D eigenvalue weighted by atomic mass is 9.66. The van der Waals surface area contributed by atoms with Crippen molar-refractivity contribution in [3.63, 3.8) is 0 Å². The summed E-state index contributed by atoms with van der Waals surface area (Å²) in [4.78, 5) is 157. The first-order chi connectivity index (χ1) is 50.8. The van der Waals surface area contributed by atoms with Gasteiger partial charge in [0, 0.05) is 72.0 Å². The Morgan fingerprint density at radius 1 is 0.324 bits per heavy atom. The molecule has 0 bridgehead atoms. The zero-order valence-electron chi connectivity index (χ0n) is 54.5. The van der Waals surface area contributed by atoms with Gasteiger partial charge < -0.3 is 28.4 Å². The van der Waals surface area contributed by atoms with Gasteiger partial charge in [-0.05, 0) is 81.0 Å². The minimum Gasteiger partial charge on any atom is -0.459 e. The quantitative estimate of drug-likeness (QED) is 0.0173. The third-order valence-corrected chi connectivity index (χ3v) is 21.2. The Balaban J connectivity index is 1.06. The lowest BCUT2D eigenvalue weighted by Crippen LogP contribution is -2.53. The molecule has 0 unspecified atom stereocenters. The molecule has 2 heterocycles. The summed E-state index contributed by atoms with van der Waals surface area (Å²) in [5.41, 5.74) is -15.6. The second-order valence-electron chi connectivity index (χ2n) is 25.0. The number of thiophene rings is 2. The number of benzene rings is 8. The molecule has 0 radical (unpaired) electrons. The minimum atomic E-state index is -3.38. The molecule has 22 heteroatoms. The van der Waals surface area contributed by atoms with Crippen LogP contribution >= 0.6 is 22.7 Å². The number of Topliss-reactive ketones (excluding diaryl/α,β-unsaturated/α-hetero) is 4. The third-order valence-electron chi connectivity index (χ3n) is 18.8. The molecule has 0 saturated carbocycles. The van der Waals surface area contributed by atoms with Crippen LogP contribution in [0.15, 0.2) is 230 Å². The van der Waals surface area contributed by atoms with Crippen molar-refractivity contribution in [1.82, 2.24) is 0 Å². The first-order valence-electron chi connectivity index (χ1n) is 32.5. The normalized spacial score (nSPS) is 15.8. The van der Waals surface area contributed by atoms with Gasteiger partial charge in [0.1, 0.15) is 62.9 Å². The van der Waals surface area contributed by atoms with E-state index in [4.69, 9.17) is 28.4 Å². The first-order valence-corrected chi connectivity index (χ1v) is 34.2. The number of halogens is 4. The van der Waals surface area contributed by atoms with E-state index in [1.807, 2.05) is 0 Å². The van der Waals surface area contributed by atoms with Crippen LogP contribution in [0.1, 0.15) is 97.2 Å². The highest BCUT2D eigenvalue weighted by atomic mass is 32.1. The number of esters is 6. The maximum Gasteiger partial charge on any atom is 0.333 e. The van der Waals surface area contributed by atoms with Crippen LogP contribution in [0.3, 0.4) is 0 Å². The number of hydrogen-bond acceptors (Lipinski definition) is 18. The van der Waals surface area contributed by atoms with Crippen molar-refractivity contribution in [2.24, 2.45) is 0 Å². The molecular formula is C83H50F4O16S2. The van der Waals surface area contributed by atoms with Crippen LogP contribution in [-0.4, -0.2) is 58.9 Å². The Kier molecular flexibility index (Phi) is 17.7. The van der Waals surface area contributed by atoms with E-state index in [0.717, 1.165) is 34.8 Å². The van der Waals surface area contributed by atoms with Crippen LogP contribution in [0, 0.1) is 23.3 Å². The maximum absolute atomic E-state index is 17.2. The van der Waals surface area contributed by atoms with Crippen molar-refractivity contribution in [3.8, 4) is 9.75 Å². The average Bonchev–Trinajstić information content (AvgIpc) is 1.48. The van der Waals surface area contributed by atoms with Gasteiger partial charge in [-0.25, -0.2) is 17.6 Å². The molecule has 518 valence electrons. The molecule has 5 aliphatic carbocycles. The summed E-state index contributed by atoms with van der Waals surface area (Å²) < 4.78 is 101. The Morgan fingerprint density at radius 3 is 0.943 bits per heavy atom. The van der Waals surface area contributed by atoms with E-state index in [1.165, 1.54) is 12.2 Å². The molecule has 0 atom stereocenters. The van der Waals surface area contributed by atoms with Crippen LogP contribution in [0.2, 0.25) is 0 Å². The molecule has 0 spiro atoms. The molecule has 0 aliphatic heterocycles. The summed E-state index contributed by atoms with van der Waals surface area (Å²) in [6.07, 6.45) is 4.20. The van der Waals surface area contributed by atoms with Gasteiger partial charge in [0.2, 0.25) is 39.4 Å². The first kappa shape index (κ1) is 68.1. The summed E-state index contributed by atoms with van der Waals surface area (Å²) >= 11 is 1.46. The highest BCUT2D eigenvalue weighted by molar-refractivity contribution is 7.24. The number of carbonyl (C=O) groups excluding carboxylic acids is 10. The van der Waals surface area contributed by atoms with Gasteiger partial charge in [-0.1, -0.05) is 182 Å². The number of ether oxygens (including phenoxy) is 6. The van der Waals surface area contributed by atoms with Gasteiger partial charge in [-0.15, -0.1) is 22.7 Å². The summed E-state index contributed by atoms with van der Waals surface area (Å²) in [5.74, 6) is -20.0. The number of ketones is 4. The monoisotopic (exact) mass is 1440 g/mol. The average molecular weight is 1440 g/mol. The smallest absolute Gasteiger partial charge is 0.333 e. The molecule has 0 amide bonds. The molecule has 16 nitrogen and oxygen atoms in total. The fourth-order valence-electron chi connectivity index (χ4n) is 14.0. The number of carbonyl (C=O) groups is 10. The number of rotatable bonds is 20. The Morgan fingerprint density at radius 2 is 0.610 bits per heavy atom. The summed E-state index contributed by atoms with van der Waals surface area (Å²) in [7, 11) is 0.